The number of hydrogen-bond acceptors (Lipinski definition) is 4. The fraction of sp³-hybridized carbons (Fsp3) is 0.364. The second-order valence-electron chi connectivity index (χ2n) is 4.12. The largest absolute Gasteiger partial charge is 0.478 e. The van der Waals surface area contributed by atoms with Crippen molar-refractivity contribution in [2.24, 2.45) is 5.92 Å². The topological polar surface area (TPSA) is 92.5 Å². The average molecular weight is 236 g/mol. The van der Waals surface area contributed by atoms with Gasteiger partial charge in [0, 0.05) is 24.4 Å². The van der Waals surface area contributed by atoms with Crippen molar-refractivity contribution < 1.29 is 14.8 Å². The number of anilines is 1. The van der Waals surface area contributed by atoms with Crippen LogP contribution in [0.15, 0.2) is 18.2 Å². The lowest BCUT2D eigenvalue weighted by molar-refractivity contribution is -0.384. The van der Waals surface area contributed by atoms with Crippen LogP contribution in [0.2, 0.25) is 0 Å². The highest BCUT2D eigenvalue weighted by Crippen LogP contribution is 2.30. The molecule has 2 N–H and O–H groups in total. The van der Waals surface area contributed by atoms with Gasteiger partial charge < -0.3 is 10.4 Å². The Bertz CT molecular complexity index is 469. The van der Waals surface area contributed by atoms with Gasteiger partial charge in [0.1, 0.15) is 0 Å². The lowest BCUT2D eigenvalue weighted by Gasteiger charge is -2.08. The van der Waals surface area contributed by atoms with Crippen LogP contribution >= 0.6 is 0 Å². The molecule has 0 unspecified atom stereocenters. The number of benzene rings is 1. The van der Waals surface area contributed by atoms with Crippen molar-refractivity contribution in [1.82, 2.24) is 0 Å². The molecule has 0 bridgehead atoms. The molecule has 0 amide bonds. The zero-order valence-corrected chi connectivity index (χ0v) is 9.05. The second kappa shape index (κ2) is 4.40. The van der Waals surface area contributed by atoms with Crippen LogP contribution in [0.5, 0.6) is 0 Å². The Hall–Kier alpha value is -2.11. The molecule has 1 saturated carbocycles. The molecular weight excluding hydrogens is 224 g/mol. The second-order valence-corrected chi connectivity index (χ2v) is 4.12. The Morgan fingerprint density at radius 1 is 1.53 bits per heavy atom. The number of nitro groups is 1. The maximum Gasteiger partial charge on any atom is 0.338 e. The highest BCUT2D eigenvalue weighted by molar-refractivity contribution is 5.95. The Morgan fingerprint density at radius 3 is 2.76 bits per heavy atom. The van der Waals surface area contributed by atoms with Crippen molar-refractivity contribution >= 4 is 17.3 Å². The third-order valence-electron chi connectivity index (χ3n) is 2.72. The fourth-order valence-electron chi connectivity index (χ4n) is 1.55. The number of nitrogens with one attached hydrogen (secondary N) is 1. The minimum absolute atomic E-state index is 0.0557. The van der Waals surface area contributed by atoms with Gasteiger partial charge in [-0.25, -0.2) is 4.79 Å². The predicted octanol–water partition coefficient (Wildman–Crippen LogP) is 2.11. The normalized spacial score (nSPS) is 14.4. The monoisotopic (exact) mass is 236 g/mol. The molecule has 6 nitrogen and oxygen atoms in total. The third kappa shape index (κ3) is 2.72. The summed E-state index contributed by atoms with van der Waals surface area (Å²) in [5.74, 6) is -0.557. The summed E-state index contributed by atoms with van der Waals surface area (Å²) < 4.78 is 0. The third-order valence-corrected chi connectivity index (χ3v) is 2.72. The molecule has 0 radical (unpaired) electrons. The van der Waals surface area contributed by atoms with Crippen LogP contribution < -0.4 is 5.32 Å². The van der Waals surface area contributed by atoms with Crippen molar-refractivity contribution in [2.75, 3.05) is 11.9 Å². The summed E-state index contributed by atoms with van der Waals surface area (Å²) in [6, 6.07) is 3.84. The highest BCUT2D eigenvalue weighted by atomic mass is 16.6. The molecule has 1 aromatic carbocycles. The summed E-state index contributed by atoms with van der Waals surface area (Å²) in [7, 11) is 0. The summed E-state index contributed by atoms with van der Waals surface area (Å²) in [6.45, 7) is 0.720. The van der Waals surface area contributed by atoms with Crippen molar-refractivity contribution in [3.8, 4) is 0 Å². The maximum atomic E-state index is 11.0. The Labute approximate surface area is 97.4 Å². The first kappa shape index (κ1) is 11.4. The molecular formula is C11H12N2O4. The van der Waals surface area contributed by atoms with Crippen LogP contribution in [0.3, 0.4) is 0 Å². The molecule has 1 fully saturated rings. The van der Waals surface area contributed by atoms with Crippen LogP contribution in [0, 0.1) is 16.0 Å². The van der Waals surface area contributed by atoms with E-state index in [0.29, 0.717) is 11.6 Å². The number of nitrogens with zero attached hydrogens (tertiary/aromatic N) is 1. The number of nitro benzene ring substituents is 1. The van der Waals surface area contributed by atoms with Gasteiger partial charge in [-0.2, -0.15) is 0 Å². The van der Waals surface area contributed by atoms with Crippen LogP contribution in [0.1, 0.15) is 23.2 Å². The maximum absolute atomic E-state index is 11.0. The molecule has 0 aromatic heterocycles. The van der Waals surface area contributed by atoms with E-state index < -0.39 is 10.9 Å². The van der Waals surface area contributed by atoms with Crippen molar-refractivity contribution in [3.05, 3.63) is 33.9 Å². The van der Waals surface area contributed by atoms with E-state index in [4.69, 9.17) is 5.11 Å². The van der Waals surface area contributed by atoms with Gasteiger partial charge in [0.2, 0.25) is 0 Å². The van der Waals surface area contributed by atoms with Crippen molar-refractivity contribution in [1.29, 1.82) is 0 Å². The summed E-state index contributed by atoms with van der Waals surface area (Å²) in [5, 5.41) is 22.6. The molecule has 17 heavy (non-hydrogen) atoms. The molecule has 0 saturated heterocycles. The molecule has 1 aromatic rings. The molecule has 0 aliphatic heterocycles. The predicted molar refractivity (Wildman–Crippen MR) is 61.3 cm³/mol. The standard InChI is InChI=1S/C11H12N2O4/c14-11(15)9-5-8(13(16)17)3-4-10(9)12-6-7-1-2-7/h3-5,7,12H,1-2,6H2,(H,14,15). The van der Waals surface area contributed by atoms with Crippen LogP contribution in [-0.4, -0.2) is 22.5 Å². The number of rotatable bonds is 5. The van der Waals surface area contributed by atoms with E-state index in [-0.39, 0.29) is 11.3 Å². The Kier molecular flexibility index (Phi) is 2.95. The number of hydrogen-bond donors (Lipinski definition) is 2. The molecule has 0 heterocycles. The average Bonchev–Trinajstić information content (AvgIpc) is 3.09. The minimum Gasteiger partial charge on any atom is -0.478 e. The van der Waals surface area contributed by atoms with Gasteiger partial charge in [-0.15, -0.1) is 0 Å². The van der Waals surface area contributed by atoms with Gasteiger partial charge in [0.05, 0.1) is 10.5 Å². The van der Waals surface area contributed by atoms with Crippen LogP contribution in [0.25, 0.3) is 0 Å². The van der Waals surface area contributed by atoms with E-state index in [1.54, 1.807) is 0 Å². The first-order valence-corrected chi connectivity index (χ1v) is 5.33. The van der Waals surface area contributed by atoms with E-state index in [0.717, 1.165) is 25.5 Å². The molecule has 90 valence electrons. The van der Waals surface area contributed by atoms with Gasteiger partial charge >= 0.3 is 5.97 Å². The van der Waals surface area contributed by atoms with E-state index in [9.17, 15) is 14.9 Å². The first-order chi connectivity index (χ1) is 8.08. The van der Waals surface area contributed by atoms with E-state index in [1.165, 1.54) is 12.1 Å². The number of carboxylic acid groups (broad SMARTS) is 1. The molecule has 2 rings (SSSR count). The molecule has 1 aliphatic rings. The minimum atomic E-state index is -1.16. The van der Waals surface area contributed by atoms with E-state index in [2.05, 4.69) is 5.32 Å². The lowest BCUT2D eigenvalue weighted by atomic mass is 10.1. The van der Waals surface area contributed by atoms with Crippen molar-refractivity contribution in [2.45, 2.75) is 12.8 Å². The summed E-state index contributed by atoms with van der Waals surface area (Å²) in [4.78, 5) is 20.9. The van der Waals surface area contributed by atoms with E-state index >= 15 is 0 Å². The molecule has 6 heteroatoms. The van der Waals surface area contributed by atoms with Gasteiger partial charge in [0.25, 0.3) is 5.69 Å². The quantitative estimate of drug-likeness (QED) is 0.603. The number of carbonyl (C=O) groups is 1. The highest BCUT2D eigenvalue weighted by Gasteiger charge is 2.22. The molecule has 0 spiro atoms. The molecule has 1 aliphatic carbocycles. The zero-order valence-electron chi connectivity index (χ0n) is 9.05. The molecule has 0 atom stereocenters. The lowest BCUT2D eigenvalue weighted by Crippen LogP contribution is -2.09. The smallest absolute Gasteiger partial charge is 0.338 e. The number of aromatic carboxylic acids is 1. The number of carboxylic acids is 1. The summed E-state index contributed by atoms with van der Waals surface area (Å²) in [5.41, 5.74) is 0.175. The fourth-order valence-corrected chi connectivity index (χ4v) is 1.55. The van der Waals surface area contributed by atoms with Gasteiger partial charge in [0.15, 0.2) is 0 Å². The van der Waals surface area contributed by atoms with E-state index in [1.807, 2.05) is 0 Å². The van der Waals surface area contributed by atoms with Gasteiger partial charge in [-0.05, 0) is 24.8 Å². The van der Waals surface area contributed by atoms with Crippen LogP contribution in [0.4, 0.5) is 11.4 Å². The summed E-state index contributed by atoms with van der Waals surface area (Å²) >= 11 is 0. The SMILES string of the molecule is O=C(O)c1cc([N+](=O)[O-])ccc1NCC1CC1. The Morgan fingerprint density at radius 2 is 2.24 bits per heavy atom. The van der Waals surface area contributed by atoms with Crippen LogP contribution in [-0.2, 0) is 0 Å². The Balaban J connectivity index is 2.23. The summed E-state index contributed by atoms with van der Waals surface area (Å²) in [6.07, 6.45) is 2.31. The number of non-ortho nitro benzene ring substituents is 1. The zero-order chi connectivity index (χ0) is 12.4. The van der Waals surface area contributed by atoms with Crippen molar-refractivity contribution in [3.63, 3.8) is 0 Å². The van der Waals surface area contributed by atoms with Gasteiger partial charge in [-0.3, -0.25) is 10.1 Å². The first-order valence-electron chi connectivity index (χ1n) is 5.33. The van der Waals surface area contributed by atoms with Gasteiger partial charge in [-0.1, -0.05) is 0 Å².